The number of hydrogen-bond donors (Lipinski definition) is 1. The molecule has 1 aromatic rings. The van der Waals surface area contributed by atoms with Gasteiger partial charge in [-0.25, -0.2) is 13.1 Å². The maximum atomic E-state index is 13.5. The first kappa shape index (κ1) is 14.9. The monoisotopic (exact) mass is 302 g/mol. The smallest absolute Gasteiger partial charge is 0.258 e. The Bertz CT molecular complexity index is 635. The molecule has 0 radical (unpaired) electrons. The summed E-state index contributed by atoms with van der Waals surface area (Å²) >= 11 is 0. The molecule has 0 spiro atoms. The van der Waals surface area contributed by atoms with Gasteiger partial charge in [0.1, 0.15) is 0 Å². The zero-order valence-electron chi connectivity index (χ0n) is 10.9. The van der Waals surface area contributed by atoms with Crippen LogP contribution in [0.2, 0.25) is 0 Å². The van der Waals surface area contributed by atoms with Crippen LogP contribution in [-0.2, 0) is 10.0 Å². The van der Waals surface area contributed by atoms with E-state index >= 15 is 0 Å². The first-order valence-corrected chi connectivity index (χ1v) is 7.76. The van der Waals surface area contributed by atoms with E-state index in [1.54, 1.807) is 0 Å². The SMILES string of the molecule is CCC1(NS(=O)(=O)c2cccc(F)c2[N+](=O)[O-])CCC1. The molecule has 0 aromatic heterocycles. The molecular formula is C12H15FN2O4S. The van der Waals surface area contributed by atoms with Crippen molar-refractivity contribution < 1.29 is 17.7 Å². The molecule has 0 heterocycles. The predicted molar refractivity (Wildman–Crippen MR) is 70.2 cm³/mol. The lowest BCUT2D eigenvalue weighted by Crippen LogP contribution is -2.52. The summed E-state index contributed by atoms with van der Waals surface area (Å²) in [6.07, 6.45) is 2.87. The predicted octanol–water partition coefficient (Wildman–Crippen LogP) is 2.34. The van der Waals surface area contributed by atoms with E-state index in [9.17, 15) is 22.9 Å². The molecule has 1 aromatic carbocycles. The lowest BCUT2D eigenvalue weighted by molar-refractivity contribution is -0.390. The molecule has 1 N–H and O–H groups in total. The molecule has 1 fully saturated rings. The highest BCUT2D eigenvalue weighted by Crippen LogP contribution is 2.37. The number of halogens is 1. The Balaban J connectivity index is 2.45. The van der Waals surface area contributed by atoms with Crippen molar-refractivity contribution in [3.8, 4) is 0 Å². The number of sulfonamides is 1. The molecule has 1 aliphatic rings. The molecule has 0 bridgehead atoms. The minimum absolute atomic E-state index is 0.557. The number of nitrogens with one attached hydrogen (secondary N) is 1. The van der Waals surface area contributed by atoms with E-state index in [1.165, 1.54) is 0 Å². The maximum Gasteiger partial charge on any atom is 0.324 e. The van der Waals surface area contributed by atoms with Crippen LogP contribution in [0.25, 0.3) is 0 Å². The zero-order valence-corrected chi connectivity index (χ0v) is 11.7. The number of para-hydroxylation sites is 1. The van der Waals surface area contributed by atoms with Gasteiger partial charge in [-0.1, -0.05) is 13.0 Å². The second kappa shape index (κ2) is 5.10. The van der Waals surface area contributed by atoms with Crippen molar-refractivity contribution >= 4 is 15.7 Å². The average molecular weight is 302 g/mol. The Morgan fingerprint density at radius 1 is 1.45 bits per heavy atom. The fraction of sp³-hybridized carbons (Fsp3) is 0.500. The Kier molecular flexibility index (Phi) is 3.79. The van der Waals surface area contributed by atoms with Crippen LogP contribution in [0, 0.1) is 15.9 Å². The van der Waals surface area contributed by atoms with Gasteiger partial charge in [-0.2, -0.15) is 4.39 Å². The van der Waals surface area contributed by atoms with Crippen molar-refractivity contribution in [2.24, 2.45) is 0 Å². The Morgan fingerprint density at radius 2 is 2.10 bits per heavy atom. The van der Waals surface area contributed by atoms with E-state index < -0.39 is 36.9 Å². The van der Waals surface area contributed by atoms with Gasteiger partial charge in [0.15, 0.2) is 4.90 Å². The van der Waals surface area contributed by atoms with Gasteiger partial charge in [0.25, 0.3) is 0 Å². The summed E-state index contributed by atoms with van der Waals surface area (Å²) in [5, 5.41) is 10.9. The molecule has 6 nitrogen and oxygen atoms in total. The van der Waals surface area contributed by atoms with Crippen molar-refractivity contribution in [1.82, 2.24) is 4.72 Å². The van der Waals surface area contributed by atoms with Crippen LogP contribution < -0.4 is 4.72 Å². The van der Waals surface area contributed by atoms with E-state index in [2.05, 4.69) is 4.72 Å². The second-order valence-corrected chi connectivity index (χ2v) is 6.59. The van der Waals surface area contributed by atoms with E-state index in [0.717, 1.165) is 24.6 Å². The molecule has 110 valence electrons. The third kappa shape index (κ3) is 2.53. The fourth-order valence-electron chi connectivity index (χ4n) is 2.36. The molecule has 0 unspecified atom stereocenters. The Labute approximate surface area is 116 Å². The molecule has 0 atom stereocenters. The average Bonchev–Trinajstić information content (AvgIpc) is 2.33. The molecule has 1 aliphatic carbocycles. The van der Waals surface area contributed by atoms with Crippen molar-refractivity contribution in [2.75, 3.05) is 0 Å². The fourth-order valence-corrected chi connectivity index (χ4v) is 4.07. The third-order valence-electron chi connectivity index (χ3n) is 3.76. The highest BCUT2D eigenvalue weighted by molar-refractivity contribution is 7.89. The highest BCUT2D eigenvalue weighted by atomic mass is 32.2. The zero-order chi connectivity index (χ0) is 15.0. The molecule has 0 saturated heterocycles. The quantitative estimate of drug-likeness (QED) is 0.668. The summed E-state index contributed by atoms with van der Waals surface area (Å²) in [4.78, 5) is 9.25. The van der Waals surface area contributed by atoms with Crippen LogP contribution in [0.4, 0.5) is 10.1 Å². The van der Waals surface area contributed by atoms with Gasteiger partial charge in [-0.05, 0) is 37.8 Å². The van der Waals surface area contributed by atoms with E-state index in [0.29, 0.717) is 19.3 Å². The molecular weight excluding hydrogens is 287 g/mol. The number of benzene rings is 1. The van der Waals surface area contributed by atoms with E-state index in [1.807, 2.05) is 6.92 Å². The van der Waals surface area contributed by atoms with Crippen molar-refractivity contribution in [3.63, 3.8) is 0 Å². The number of nitrogens with zero attached hydrogens (tertiary/aromatic N) is 1. The van der Waals surface area contributed by atoms with Crippen molar-refractivity contribution in [2.45, 2.75) is 43.0 Å². The topological polar surface area (TPSA) is 89.3 Å². The van der Waals surface area contributed by atoms with Gasteiger partial charge in [0.2, 0.25) is 15.8 Å². The Hall–Kier alpha value is -1.54. The van der Waals surface area contributed by atoms with E-state index in [-0.39, 0.29) is 0 Å². The minimum Gasteiger partial charge on any atom is -0.258 e. The van der Waals surface area contributed by atoms with Crippen LogP contribution in [0.15, 0.2) is 23.1 Å². The second-order valence-electron chi connectivity index (χ2n) is 4.94. The van der Waals surface area contributed by atoms with Gasteiger partial charge in [-0.3, -0.25) is 10.1 Å². The van der Waals surface area contributed by atoms with Crippen LogP contribution in [-0.4, -0.2) is 18.9 Å². The van der Waals surface area contributed by atoms with Gasteiger partial charge in [0, 0.05) is 5.54 Å². The lowest BCUT2D eigenvalue weighted by Gasteiger charge is -2.41. The number of nitro groups is 1. The van der Waals surface area contributed by atoms with Gasteiger partial charge < -0.3 is 0 Å². The van der Waals surface area contributed by atoms with E-state index in [4.69, 9.17) is 0 Å². The first-order chi connectivity index (χ1) is 9.31. The molecule has 2 rings (SSSR count). The van der Waals surface area contributed by atoms with Crippen LogP contribution in [0.5, 0.6) is 0 Å². The molecule has 0 amide bonds. The van der Waals surface area contributed by atoms with Gasteiger partial charge in [-0.15, -0.1) is 0 Å². The standard InChI is InChI=1S/C12H15FN2O4S/c1-2-12(7-4-8-12)14-20(18,19)10-6-3-5-9(13)11(10)15(16)17/h3,5-6,14H,2,4,7-8H2,1H3. The maximum absolute atomic E-state index is 13.5. The molecule has 20 heavy (non-hydrogen) atoms. The highest BCUT2D eigenvalue weighted by Gasteiger charge is 2.41. The summed E-state index contributed by atoms with van der Waals surface area (Å²) in [6, 6.07) is 3.07. The van der Waals surface area contributed by atoms with Crippen molar-refractivity contribution in [3.05, 3.63) is 34.1 Å². The third-order valence-corrected chi connectivity index (χ3v) is 5.37. The summed E-state index contributed by atoms with van der Waals surface area (Å²) in [5.74, 6) is -1.16. The summed E-state index contributed by atoms with van der Waals surface area (Å²) in [6.45, 7) is 1.85. The van der Waals surface area contributed by atoms with Crippen LogP contribution >= 0.6 is 0 Å². The van der Waals surface area contributed by atoms with Crippen molar-refractivity contribution in [1.29, 1.82) is 0 Å². The number of rotatable bonds is 5. The first-order valence-electron chi connectivity index (χ1n) is 6.28. The molecule has 8 heteroatoms. The summed E-state index contributed by atoms with van der Waals surface area (Å²) in [5.41, 5.74) is -1.57. The molecule has 0 aliphatic heterocycles. The van der Waals surface area contributed by atoms with Crippen LogP contribution in [0.1, 0.15) is 32.6 Å². The van der Waals surface area contributed by atoms with Gasteiger partial charge >= 0.3 is 5.69 Å². The minimum atomic E-state index is -4.12. The number of nitro benzene ring substituents is 1. The van der Waals surface area contributed by atoms with Crippen LogP contribution in [0.3, 0.4) is 0 Å². The lowest BCUT2D eigenvalue weighted by atomic mass is 9.76. The molecule has 1 saturated carbocycles. The normalized spacial score (nSPS) is 17.5. The largest absolute Gasteiger partial charge is 0.324 e. The summed E-state index contributed by atoms with van der Waals surface area (Å²) < 4.78 is 40.6. The van der Waals surface area contributed by atoms with Gasteiger partial charge in [0.05, 0.1) is 4.92 Å². The summed E-state index contributed by atoms with van der Waals surface area (Å²) in [7, 11) is -4.12. The number of hydrogen-bond acceptors (Lipinski definition) is 4. The Morgan fingerprint density at radius 3 is 2.55 bits per heavy atom.